The van der Waals surface area contributed by atoms with Crippen molar-refractivity contribution < 1.29 is 4.42 Å². The summed E-state index contributed by atoms with van der Waals surface area (Å²) in [6.45, 7) is 3.12. The Morgan fingerprint density at radius 2 is 2.33 bits per heavy atom. The van der Waals surface area contributed by atoms with Crippen LogP contribution in [0.2, 0.25) is 0 Å². The van der Waals surface area contributed by atoms with Gasteiger partial charge in [-0.15, -0.1) is 10.2 Å². The predicted molar refractivity (Wildman–Crippen MR) is 52.8 cm³/mol. The summed E-state index contributed by atoms with van der Waals surface area (Å²) in [7, 11) is 1.91. The first-order valence-corrected chi connectivity index (χ1v) is 4.70. The van der Waals surface area contributed by atoms with Gasteiger partial charge in [-0.3, -0.25) is 0 Å². The second kappa shape index (κ2) is 4.22. The number of rotatable bonds is 4. The molecule has 0 atom stereocenters. The molecule has 6 nitrogen and oxygen atoms in total. The van der Waals surface area contributed by atoms with Gasteiger partial charge in [0, 0.05) is 7.05 Å². The number of aryl methyl sites for hydroxylation is 2. The SMILES string of the molecule is Cc1cnc(CNCc2nncn2C)o1. The van der Waals surface area contributed by atoms with Crippen LogP contribution in [0.25, 0.3) is 0 Å². The Kier molecular flexibility index (Phi) is 2.77. The smallest absolute Gasteiger partial charge is 0.208 e. The molecule has 0 saturated carbocycles. The first-order valence-electron chi connectivity index (χ1n) is 4.70. The van der Waals surface area contributed by atoms with Crippen molar-refractivity contribution >= 4 is 0 Å². The number of nitrogens with zero attached hydrogens (tertiary/aromatic N) is 4. The molecule has 0 aliphatic carbocycles. The molecule has 0 saturated heterocycles. The zero-order valence-corrected chi connectivity index (χ0v) is 8.77. The number of aromatic nitrogens is 4. The van der Waals surface area contributed by atoms with Gasteiger partial charge < -0.3 is 14.3 Å². The fourth-order valence-corrected chi connectivity index (χ4v) is 1.23. The van der Waals surface area contributed by atoms with E-state index in [9.17, 15) is 0 Å². The van der Waals surface area contributed by atoms with Crippen molar-refractivity contribution in [2.24, 2.45) is 7.05 Å². The van der Waals surface area contributed by atoms with E-state index in [1.165, 1.54) is 0 Å². The molecule has 2 aromatic heterocycles. The fraction of sp³-hybridized carbons (Fsp3) is 0.444. The highest BCUT2D eigenvalue weighted by atomic mass is 16.4. The first kappa shape index (κ1) is 9.85. The predicted octanol–water partition coefficient (Wildman–Crippen LogP) is 0.401. The average Bonchev–Trinajstić information content (AvgIpc) is 2.77. The second-order valence-corrected chi connectivity index (χ2v) is 3.33. The summed E-state index contributed by atoms with van der Waals surface area (Å²) in [6, 6.07) is 0. The molecule has 0 aliphatic rings. The lowest BCUT2D eigenvalue weighted by molar-refractivity contribution is 0.446. The standard InChI is InChI=1S/C9H13N5O/c1-7-3-11-9(15-7)5-10-4-8-13-12-6-14(8)2/h3,6,10H,4-5H2,1-2H3. The molecule has 0 bridgehead atoms. The van der Waals surface area contributed by atoms with Crippen LogP contribution < -0.4 is 5.32 Å². The average molecular weight is 207 g/mol. The maximum absolute atomic E-state index is 5.32. The summed E-state index contributed by atoms with van der Waals surface area (Å²) >= 11 is 0. The highest BCUT2D eigenvalue weighted by molar-refractivity contribution is 4.91. The zero-order valence-electron chi connectivity index (χ0n) is 8.77. The van der Waals surface area contributed by atoms with E-state index in [0.29, 0.717) is 19.0 Å². The molecule has 0 amide bonds. The highest BCUT2D eigenvalue weighted by Crippen LogP contribution is 2.01. The van der Waals surface area contributed by atoms with Gasteiger partial charge in [0.05, 0.1) is 19.3 Å². The van der Waals surface area contributed by atoms with Crippen LogP contribution in [0.1, 0.15) is 17.5 Å². The quantitative estimate of drug-likeness (QED) is 0.786. The molecule has 6 heteroatoms. The summed E-state index contributed by atoms with van der Waals surface area (Å²) in [5, 5.41) is 10.9. The van der Waals surface area contributed by atoms with E-state index in [4.69, 9.17) is 4.42 Å². The largest absolute Gasteiger partial charge is 0.445 e. The Hall–Kier alpha value is -1.69. The number of nitrogens with one attached hydrogen (secondary N) is 1. The lowest BCUT2D eigenvalue weighted by Crippen LogP contribution is -2.15. The van der Waals surface area contributed by atoms with E-state index in [1.54, 1.807) is 12.5 Å². The van der Waals surface area contributed by atoms with Crippen molar-refractivity contribution in [3.8, 4) is 0 Å². The van der Waals surface area contributed by atoms with Crippen LogP contribution in [0.3, 0.4) is 0 Å². The van der Waals surface area contributed by atoms with Crippen LogP contribution in [0.5, 0.6) is 0 Å². The lowest BCUT2D eigenvalue weighted by Gasteiger charge is -2.00. The molecule has 80 valence electrons. The van der Waals surface area contributed by atoms with Gasteiger partial charge in [0.2, 0.25) is 5.89 Å². The summed E-state index contributed by atoms with van der Waals surface area (Å²) in [5.74, 6) is 2.40. The van der Waals surface area contributed by atoms with Crippen LogP contribution in [-0.2, 0) is 20.1 Å². The van der Waals surface area contributed by atoms with Gasteiger partial charge in [-0.05, 0) is 6.92 Å². The topological polar surface area (TPSA) is 68.8 Å². The minimum absolute atomic E-state index is 0.598. The van der Waals surface area contributed by atoms with Gasteiger partial charge >= 0.3 is 0 Å². The van der Waals surface area contributed by atoms with Crippen LogP contribution in [-0.4, -0.2) is 19.7 Å². The number of oxazole rings is 1. The normalized spacial score (nSPS) is 10.8. The third-order valence-corrected chi connectivity index (χ3v) is 2.03. The van der Waals surface area contributed by atoms with Crippen molar-refractivity contribution in [2.75, 3.05) is 0 Å². The first-order chi connectivity index (χ1) is 7.25. The molecule has 0 aromatic carbocycles. The van der Waals surface area contributed by atoms with Gasteiger partial charge in [-0.2, -0.15) is 0 Å². The maximum Gasteiger partial charge on any atom is 0.208 e. The van der Waals surface area contributed by atoms with Crippen molar-refractivity contribution in [3.63, 3.8) is 0 Å². The van der Waals surface area contributed by atoms with Crippen LogP contribution in [0.15, 0.2) is 16.9 Å². The zero-order chi connectivity index (χ0) is 10.7. The van der Waals surface area contributed by atoms with Gasteiger partial charge in [-0.25, -0.2) is 4.98 Å². The summed E-state index contributed by atoms with van der Waals surface area (Å²) in [6.07, 6.45) is 3.38. The summed E-state index contributed by atoms with van der Waals surface area (Å²) in [4.78, 5) is 4.09. The highest BCUT2D eigenvalue weighted by Gasteiger charge is 2.02. The van der Waals surface area contributed by atoms with Crippen molar-refractivity contribution in [1.82, 2.24) is 25.1 Å². The molecule has 2 heterocycles. The van der Waals surface area contributed by atoms with E-state index < -0.39 is 0 Å². The Balaban J connectivity index is 1.83. The van der Waals surface area contributed by atoms with Crippen molar-refractivity contribution in [1.29, 1.82) is 0 Å². The second-order valence-electron chi connectivity index (χ2n) is 3.33. The monoisotopic (exact) mass is 207 g/mol. The van der Waals surface area contributed by atoms with Crippen molar-refractivity contribution in [2.45, 2.75) is 20.0 Å². The van der Waals surface area contributed by atoms with Crippen LogP contribution in [0, 0.1) is 6.92 Å². The van der Waals surface area contributed by atoms with Crippen LogP contribution >= 0.6 is 0 Å². The number of hydrogen-bond donors (Lipinski definition) is 1. The molecule has 0 fully saturated rings. The number of hydrogen-bond acceptors (Lipinski definition) is 5. The molecule has 15 heavy (non-hydrogen) atoms. The minimum atomic E-state index is 0.598. The van der Waals surface area contributed by atoms with Gasteiger partial charge in [-0.1, -0.05) is 0 Å². The van der Waals surface area contributed by atoms with E-state index in [0.717, 1.165) is 11.6 Å². The van der Waals surface area contributed by atoms with E-state index in [2.05, 4.69) is 20.5 Å². The fourth-order valence-electron chi connectivity index (χ4n) is 1.23. The summed E-state index contributed by atoms with van der Waals surface area (Å²) < 4.78 is 7.19. The van der Waals surface area contributed by atoms with E-state index in [-0.39, 0.29) is 0 Å². The van der Waals surface area contributed by atoms with Crippen molar-refractivity contribution in [3.05, 3.63) is 30.0 Å². The minimum Gasteiger partial charge on any atom is -0.445 e. The van der Waals surface area contributed by atoms with Gasteiger partial charge in [0.15, 0.2) is 0 Å². The lowest BCUT2D eigenvalue weighted by atomic mass is 10.5. The Morgan fingerprint density at radius 1 is 1.47 bits per heavy atom. The maximum atomic E-state index is 5.32. The molecule has 0 radical (unpaired) electrons. The third-order valence-electron chi connectivity index (χ3n) is 2.03. The molecule has 0 spiro atoms. The Labute approximate surface area is 87.3 Å². The molecule has 0 unspecified atom stereocenters. The Bertz CT molecular complexity index is 433. The molecule has 0 aliphatic heterocycles. The molecular weight excluding hydrogens is 194 g/mol. The third kappa shape index (κ3) is 2.41. The van der Waals surface area contributed by atoms with Gasteiger partial charge in [0.25, 0.3) is 0 Å². The Morgan fingerprint density at radius 3 is 2.93 bits per heavy atom. The molecule has 1 N–H and O–H groups in total. The van der Waals surface area contributed by atoms with E-state index >= 15 is 0 Å². The van der Waals surface area contributed by atoms with Gasteiger partial charge in [0.1, 0.15) is 17.9 Å². The summed E-state index contributed by atoms with van der Waals surface area (Å²) in [5.41, 5.74) is 0. The molecule has 2 aromatic rings. The molecular formula is C9H13N5O. The van der Waals surface area contributed by atoms with Crippen LogP contribution in [0.4, 0.5) is 0 Å². The molecule has 2 rings (SSSR count). The van der Waals surface area contributed by atoms with E-state index in [1.807, 2.05) is 18.5 Å².